The molecule has 0 aliphatic carbocycles. The number of halogens is 1. The number of nitrogen functional groups attached to an aromatic ring is 1. The molecule has 1 nitrogen and oxygen atoms in total. The molecule has 8 aromatic rings. The molecule has 2 heterocycles. The highest BCUT2D eigenvalue weighted by Crippen LogP contribution is 2.37. The van der Waals surface area contributed by atoms with Crippen LogP contribution in [-0.4, -0.2) is 0 Å². The normalized spacial score (nSPS) is 10.8. The van der Waals surface area contributed by atoms with Crippen molar-refractivity contribution < 1.29 is 0 Å². The molecule has 0 aliphatic rings. The third kappa shape index (κ3) is 6.30. The van der Waals surface area contributed by atoms with Crippen molar-refractivity contribution in [3.8, 4) is 0 Å². The van der Waals surface area contributed by atoms with Gasteiger partial charge in [-0.25, -0.2) is 0 Å². The molecule has 0 bridgehead atoms. The number of para-hydroxylation sites is 1. The van der Waals surface area contributed by atoms with Gasteiger partial charge in [0, 0.05) is 49.6 Å². The van der Waals surface area contributed by atoms with Crippen LogP contribution in [0.3, 0.4) is 0 Å². The Labute approximate surface area is 262 Å². The molecule has 0 saturated carbocycles. The predicted octanol–water partition coefficient (Wildman–Crippen LogP) is 11.6. The van der Waals surface area contributed by atoms with Crippen LogP contribution in [0.15, 0.2) is 146 Å². The Balaban J connectivity index is 0.000000124. The van der Waals surface area contributed by atoms with Gasteiger partial charge in [-0.15, -0.1) is 22.7 Å². The number of hydrogen-bond acceptors (Lipinski definition) is 3. The molecule has 0 amide bonds. The topological polar surface area (TPSA) is 26.0 Å². The molecule has 8 rings (SSSR count). The van der Waals surface area contributed by atoms with Gasteiger partial charge in [0.2, 0.25) is 0 Å². The molecule has 2 aromatic heterocycles. The fourth-order valence-corrected chi connectivity index (χ4v) is 8.08. The number of anilines is 1. The van der Waals surface area contributed by atoms with Crippen molar-refractivity contribution in [2.75, 3.05) is 5.73 Å². The van der Waals surface area contributed by atoms with Crippen molar-refractivity contribution in [2.45, 2.75) is 6.42 Å². The Morgan fingerprint density at radius 3 is 1.56 bits per heavy atom. The van der Waals surface area contributed by atoms with Crippen molar-refractivity contribution in [3.05, 3.63) is 160 Å². The highest BCUT2D eigenvalue weighted by atomic mass is 127. The van der Waals surface area contributed by atoms with E-state index in [9.17, 15) is 0 Å². The maximum atomic E-state index is 5.36. The monoisotopic (exact) mass is 677 g/mol. The molecule has 2 N–H and O–H groups in total. The predicted molar refractivity (Wildman–Crippen MR) is 191 cm³/mol. The van der Waals surface area contributed by atoms with Gasteiger partial charge in [-0.2, -0.15) is 0 Å². The maximum Gasteiger partial charge on any atom is 0.0488 e. The van der Waals surface area contributed by atoms with Gasteiger partial charge in [-0.05, 0) is 70.5 Å². The van der Waals surface area contributed by atoms with Crippen molar-refractivity contribution in [1.29, 1.82) is 0 Å². The largest absolute Gasteiger partial charge is 0.399 e. The fourth-order valence-electron chi connectivity index (χ4n) is 4.93. The van der Waals surface area contributed by atoms with E-state index >= 15 is 0 Å². The van der Waals surface area contributed by atoms with Crippen molar-refractivity contribution in [3.63, 3.8) is 0 Å². The zero-order chi connectivity index (χ0) is 28.0. The second-order valence-electron chi connectivity index (χ2n) is 9.68. The van der Waals surface area contributed by atoms with E-state index in [4.69, 9.17) is 5.73 Å². The molecule has 0 spiro atoms. The summed E-state index contributed by atoms with van der Waals surface area (Å²) < 4.78 is 6.95. The summed E-state index contributed by atoms with van der Waals surface area (Å²) >= 11 is 6.19. The van der Waals surface area contributed by atoms with Crippen LogP contribution in [0.5, 0.6) is 0 Å². The highest BCUT2D eigenvalue weighted by molar-refractivity contribution is 14.1. The zero-order valence-electron chi connectivity index (χ0n) is 22.3. The lowest BCUT2D eigenvalue weighted by Crippen LogP contribution is -1.87. The fraction of sp³-hybridized carbons (Fsp3) is 0.0270. The van der Waals surface area contributed by atoms with Crippen LogP contribution in [0.4, 0.5) is 5.69 Å². The first-order chi connectivity index (χ1) is 20.2. The standard InChI is InChI=1S/C19H14S.C12H7IS.C6H7N/c1-2-7-14(8-3-1)13-15-9-6-11-17-16-10-4-5-12-18(16)20-19(15)17;13-10-6-3-5-9-8-4-1-2-7-11(8)14-12(9)10;7-6-4-2-1-3-5-6/h1-12H,13H2;1-7H;1-5H,7H2. The summed E-state index contributed by atoms with van der Waals surface area (Å²) in [6.45, 7) is 0. The molecule has 0 fully saturated rings. The molecule has 0 radical (unpaired) electrons. The van der Waals surface area contributed by atoms with Crippen LogP contribution >= 0.6 is 45.3 Å². The number of thiophene rings is 2. The molecular weight excluding hydrogens is 649 g/mol. The summed E-state index contributed by atoms with van der Waals surface area (Å²) in [5.41, 5.74) is 8.98. The van der Waals surface area contributed by atoms with Gasteiger partial charge in [0.05, 0.1) is 0 Å². The minimum absolute atomic E-state index is 0.822. The Morgan fingerprint density at radius 2 is 0.951 bits per heavy atom. The van der Waals surface area contributed by atoms with E-state index in [1.165, 1.54) is 55.0 Å². The van der Waals surface area contributed by atoms with E-state index in [2.05, 4.69) is 138 Å². The van der Waals surface area contributed by atoms with Gasteiger partial charge in [0.25, 0.3) is 0 Å². The van der Waals surface area contributed by atoms with Crippen LogP contribution in [0.2, 0.25) is 0 Å². The lowest BCUT2D eigenvalue weighted by atomic mass is 10.0. The number of hydrogen-bond donors (Lipinski definition) is 1. The Hall–Kier alpha value is -3.71. The van der Waals surface area contributed by atoms with Crippen LogP contribution in [-0.2, 0) is 6.42 Å². The SMILES string of the molecule is Ic1cccc2c1sc1ccccc12.Nc1ccccc1.c1ccc(Cc2cccc3c2sc2ccccc23)cc1. The van der Waals surface area contributed by atoms with Gasteiger partial charge in [-0.3, -0.25) is 0 Å². The summed E-state index contributed by atoms with van der Waals surface area (Å²) in [6.07, 6.45) is 1.00. The second kappa shape index (κ2) is 12.9. The minimum atomic E-state index is 0.822. The molecule has 6 aromatic carbocycles. The van der Waals surface area contributed by atoms with Crippen molar-refractivity contribution in [2.24, 2.45) is 0 Å². The summed E-state index contributed by atoms with van der Waals surface area (Å²) in [5.74, 6) is 0. The van der Waals surface area contributed by atoms with Gasteiger partial charge < -0.3 is 5.73 Å². The Morgan fingerprint density at radius 1 is 0.463 bits per heavy atom. The quantitative estimate of drug-likeness (QED) is 0.143. The second-order valence-corrected chi connectivity index (χ2v) is 12.9. The molecule has 4 heteroatoms. The molecule has 41 heavy (non-hydrogen) atoms. The number of rotatable bonds is 2. The lowest BCUT2D eigenvalue weighted by molar-refractivity contribution is 1.22. The van der Waals surface area contributed by atoms with Gasteiger partial charge in [0.1, 0.15) is 0 Å². The summed E-state index contributed by atoms with van der Waals surface area (Å²) in [5, 5.41) is 5.53. The minimum Gasteiger partial charge on any atom is -0.399 e. The van der Waals surface area contributed by atoms with Crippen molar-refractivity contribution >= 4 is 91.3 Å². The average molecular weight is 678 g/mol. The van der Waals surface area contributed by atoms with E-state index in [-0.39, 0.29) is 0 Å². The van der Waals surface area contributed by atoms with E-state index in [1.54, 1.807) is 0 Å². The van der Waals surface area contributed by atoms with Gasteiger partial charge in [-0.1, -0.05) is 115 Å². The van der Waals surface area contributed by atoms with Crippen LogP contribution < -0.4 is 5.73 Å². The van der Waals surface area contributed by atoms with Crippen LogP contribution in [0.1, 0.15) is 11.1 Å². The first-order valence-electron chi connectivity index (χ1n) is 13.5. The Kier molecular flexibility index (Phi) is 8.61. The molecule has 200 valence electrons. The van der Waals surface area contributed by atoms with E-state index in [1.807, 2.05) is 53.0 Å². The lowest BCUT2D eigenvalue weighted by Gasteiger charge is -2.03. The Bertz CT molecular complexity index is 2040. The third-order valence-corrected chi connectivity index (χ3v) is 10.6. The first kappa shape index (κ1) is 27.5. The van der Waals surface area contributed by atoms with E-state index < -0.39 is 0 Å². The maximum absolute atomic E-state index is 5.36. The summed E-state index contributed by atoms with van der Waals surface area (Å²) in [4.78, 5) is 0. The molecule has 0 atom stereocenters. The van der Waals surface area contributed by atoms with E-state index in [0.717, 1.165) is 12.1 Å². The van der Waals surface area contributed by atoms with E-state index in [0.29, 0.717) is 0 Å². The zero-order valence-corrected chi connectivity index (χ0v) is 26.1. The van der Waals surface area contributed by atoms with Gasteiger partial charge >= 0.3 is 0 Å². The third-order valence-electron chi connectivity index (χ3n) is 6.88. The van der Waals surface area contributed by atoms with Crippen LogP contribution in [0.25, 0.3) is 40.3 Å². The average Bonchev–Trinajstić information content (AvgIpc) is 3.59. The molecular formula is C37H28INS2. The smallest absolute Gasteiger partial charge is 0.0488 e. The first-order valence-corrected chi connectivity index (χ1v) is 16.2. The number of benzene rings is 6. The molecule has 0 unspecified atom stereocenters. The molecule has 0 saturated heterocycles. The summed E-state index contributed by atoms with van der Waals surface area (Å²) in [6, 6.07) is 50.6. The highest BCUT2D eigenvalue weighted by Gasteiger charge is 2.08. The van der Waals surface area contributed by atoms with Crippen LogP contribution in [0, 0.1) is 3.57 Å². The van der Waals surface area contributed by atoms with Gasteiger partial charge in [0.15, 0.2) is 0 Å². The number of fused-ring (bicyclic) bond motifs is 6. The number of nitrogens with two attached hydrogens (primary N) is 1. The van der Waals surface area contributed by atoms with Crippen molar-refractivity contribution in [1.82, 2.24) is 0 Å². The molecule has 0 aliphatic heterocycles. The summed E-state index contributed by atoms with van der Waals surface area (Å²) in [7, 11) is 0.